The molecule has 1 fully saturated rings. The summed E-state index contributed by atoms with van der Waals surface area (Å²) in [6, 6.07) is 5.78. The molecule has 0 saturated carbocycles. The lowest BCUT2D eigenvalue weighted by atomic mass is 9.96. The van der Waals surface area contributed by atoms with Gasteiger partial charge in [0.15, 0.2) is 0 Å². The fourth-order valence-electron chi connectivity index (χ4n) is 2.75. The Labute approximate surface area is 121 Å². The van der Waals surface area contributed by atoms with E-state index in [1.807, 2.05) is 18.2 Å². The highest BCUT2D eigenvalue weighted by atomic mass is 35.5. The number of benzene rings is 1. The van der Waals surface area contributed by atoms with E-state index in [1.54, 1.807) is 0 Å². The van der Waals surface area contributed by atoms with Crippen LogP contribution < -0.4 is 5.73 Å². The van der Waals surface area contributed by atoms with Gasteiger partial charge < -0.3 is 15.5 Å². The summed E-state index contributed by atoms with van der Waals surface area (Å²) in [6.45, 7) is 4.49. The van der Waals surface area contributed by atoms with Crippen LogP contribution in [-0.4, -0.2) is 43.5 Å². The summed E-state index contributed by atoms with van der Waals surface area (Å²) in [5.41, 5.74) is 7.96. The molecule has 1 heterocycles. The minimum atomic E-state index is 0.708. The van der Waals surface area contributed by atoms with Gasteiger partial charge in [-0.3, -0.25) is 0 Å². The van der Waals surface area contributed by atoms with Crippen molar-refractivity contribution in [2.75, 3.05) is 39.5 Å². The second-order valence-electron chi connectivity index (χ2n) is 5.79. The molecule has 3 nitrogen and oxygen atoms in total. The summed E-state index contributed by atoms with van der Waals surface area (Å²) in [5, 5.41) is 0.708. The highest BCUT2D eigenvalue weighted by Gasteiger charge is 2.18. The van der Waals surface area contributed by atoms with Crippen LogP contribution in [0.3, 0.4) is 0 Å². The summed E-state index contributed by atoms with van der Waals surface area (Å²) in [5.74, 6) is 0.815. The lowest BCUT2D eigenvalue weighted by Crippen LogP contribution is -2.35. The van der Waals surface area contributed by atoms with Crippen molar-refractivity contribution in [1.82, 2.24) is 9.80 Å². The Bertz CT molecular complexity index is 414. The quantitative estimate of drug-likeness (QED) is 0.862. The SMILES string of the molecule is CN1CCC(CN(C)Cc2ccc(Cl)cc2N)CC1. The summed E-state index contributed by atoms with van der Waals surface area (Å²) >= 11 is 5.92. The molecule has 2 N–H and O–H groups in total. The molecule has 1 saturated heterocycles. The maximum atomic E-state index is 6.00. The van der Waals surface area contributed by atoms with E-state index < -0.39 is 0 Å². The first-order chi connectivity index (χ1) is 9.04. The first kappa shape index (κ1) is 14.6. The topological polar surface area (TPSA) is 32.5 Å². The van der Waals surface area contributed by atoms with E-state index in [9.17, 15) is 0 Å². The molecule has 1 aliphatic rings. The molecule has 0 unspecified atom stereocenters. The van der Waals surface area contributed by atoms with E-state index >= 15 is 0 Å². The molecular formula is C15H24ClN3. The molecule has 2 rings (SSSR count). The fraction of sp³-hybridized carbons (Fsp3) is 0.600. The van der Waals surface area contributed by atoms with Crippen LogP contribution in [0.5, 0.6) is 0 Å². The number of hydrogen-bond acceptors (Lipinski definition) is 3. The van der Waals surface area contributed by atoms with Gasteiger partial charge in [-0.2, -0.15) is 0 Å². The van der Waals surface area contributed by atoms with Crippen LogP contribution in [0.2, 0.25) is 5.02 Å². The third kappa shape index (κ3) is 4.37. The second kappa shape index (κ2) is 6.60. The van der Waals surface area contributed by atoms with Crippen molar-refractivity contribution < 1.29 is 0 Å². The molecule has 19 heavy (non-hydrogen) atoms. The van der Waals surface area contributed by atoms with Crippen molar-refractivity contribution in [1.29, 1.82) is 0 Å². The van der Waals surface area contributed by atoms with Gasteiger partial charge in [-0.15, -0.1) is 0 Å². The van der Waals surface area contributed by atoms with Gasteiger partial charge in [0.25, 0.3) is 0 Å². The predicted octanol–water partition coefficient (Wildman–Crippen LogP) is 2.70. The minimum absolute atomic E-state index is 0.708. The van der Waals surface area contributed by atoms with Gasteiger partial charge in [0.05, 0.1) is 0 Å². The first-order valence-electron chi connectivity index (χ1n) is 6.95. The first-order valence-corrected chi connectivity index (χ1v) is 7.33. The number of piperidine rings is 1. The average molecular weight is 282 g/mol. The van der Waals surface area contributed by atoms with Crippen molar-refractivity contribution in [3.63, 3.8) is 0 Å². The summed E-state index contributed by atoms with van der Waals surface area (Å²) in [4.78, 5) is 4.78. The van der Waals surface area contributed by atoms with Crippen molar-refractivity contribution in [2.24, 2.45) is 5.92 Å². The third-order valence-corrected chi connectivity index (χ3v) is 4.19. The molecule has 0 bridgehead atoms. The summed E-state index contributed by atoms with van der Waals surface area (Å²) in [6.07, 6.45) is 2.61. The molecule has 1 aliphatic heterocycles. The van der Waals surface area contributed by atoms with Crippen LogP contribution in [0, 0.1) is 5.92 Å². The number of rotatable bonds is 4. The number of anilines is 1. The molecule has 0 radical (unpaired) electrons. The van der Waals surface area contributed by atoms with Crippen LogP contribution in [0.1, 0.15) is 18.4 Å². The standard InChI is InChI=1S/C15H24ClN3/c1-18-7-5-12(6-8-18)10-19(2)11-13-3-4-14(16)9-15(13)17/h3-4,9,12H,5-8,10-11,17H2,1-2H3. The zero-order chi connectivity index (χ0) is 13.8. The van der Waals surface area contributed by atoms with Crippen molar-refractivity contribution >= 4 is 17.3 Å². The molecule has 0 amide bonds. The highest BCUT2D eigenvalue weighted by molar-refractivity contribution is 6.30. The normalized spacial score (nSPS) is 18.1. The van der Waals surface area contributed by atoms with E-state index in [-0.39, 0.29) is 0 Å². The van der Waals surface area contributed by atoms with E-state index in [0.717, 1.165) is 24.7 Å². The van der Waals surface area contributed by atoms with Crippen molar-refractivity contribution in [3.05, 3.63) is 28.8 Å². The Morgan fingerprint density at radius 2 is 2.05 bits per heavy atom. The van der Waals surface area contributed by atoms with Gasteiger partial charge in [-0.1, -0.05) is 17.7 Å². The van der Waals surface area contributed by atoms with Crippen molar-refractivity contribution in [2.45, 2.75) is 19.4 Å². The molecule has 0 aromatic heterocycles. The summed E-state index contributed by atoms with van der Waals surface area (Å²) < 4.78 is 0. The Balaban J connectivity index is 1.85. The maximum Gasteiger partial charge on any atom is 0.0426 e. The van der Waals surface area contributed by atoms with Gasteiger partial charge in [-0.05, 0) is 63.6 Å². The second-order valence-corrected chi connectivity index (χ2v) is 6.22. The summed E-state index contributed by atoms with van der Waals surface area (Å²) in [7, 11) is 4.38. The molecular weight excluding hydrogens is 258 g/mol. The molecule has 0 spiro atoms. The van der Waals surface area contributed by atoms with Crippen LogP contribution >= 0.6 is 11.6 Å². The Hall–Kier alpha value is -0.770. The van der Waals surface area contributed by atoms with E-state index in [1.165, 1.54) is 31.5 Å². The highest BCUT2D eigenvalue weighted by Crippen LogP contribution is 2.21. The smallest absolute Gasteiger partial charge is 0.0426 e. The lowest BCUT2D eigenvalue weighted by molar-refractivity contribution is 0.173. The number of halogens is 1. The number of hydrogen-bond donors (Lipinski definition) is 1. The van der Waals surface area contributed by atoms with Gasteiger partial charge in [0.1, 0.15) is 0 Å². The molecule has 4 heteroatoms. The zero-order valence-electron chi connectivity index (χ0n) is 11.9. The Kier molecular flexibility index (Phi) is 5.08. The molecule has 1 aromatic rings. The Morgan fingerprint density at radius 1 is 1.37 bits per heavy atom. The Morgan fingerprint density at radius 3 is 2.68 bits per heavy atom. The zero-order valence-corrected chi connectivity index (χ0v) is 12.7. The molecule has 1 aromatic carbocycles. The van der Waals surface area contributed by atoms with Gasteiger partial charge in [0.2, 0.25) is 0 Å². The largest absolute Gasteiger partial charge is 0.398 e. The number of nitrogen functional groups attached to an aromatic ring is 1. The predicted molar refractivity (Wildman–Crippen MR) is 82.4 cm³/mol. The molecule has 106 valence electrons. The van der Waals surface area contributed by atoms with E-state index in [0.29, 0.717) is 5.02 Å². The van der Waals surface area contributed by atoms with E-state index in [4.69, 9.17) is 17.3 Å². The van der Waals surface area contributed by atoms with Crippen molar-refractivity contribution in [3.8, 4) is 0 Å². The lowest BCUT2D eigenvalue weighted by Gasteiger charge is -2.31. The number of nitrogens with zero attached hydrogens (tertiary/aromatic N) is 2. The van der Waals surface area contributed by atoms with Crippen LogP contribution in [0.4, 0.5) is 5.69 Å². The minimum Gasteiger partial charge on any atom is -0.398 e. The maximum absolute atomic E-state index is 6.00. The van der Waals surface area contributed by atoms with Crippen LogP contribution in [0.15, 0.2) is 18.2 Å². The van der Waals surface area contributed by atoms with Crippen LogP contribution in [-0.2, 0) is 6.54 Å². The average Bonchev–Trinajstić information content (AvgIpc) is 2.36. The third-order valence-electron chi connectivity index (χ3n) is 3.96. The van der Waals surface area contributed by atoms with Crippen LogP contribution in [0.25, 0.3) is 0 Å². The van der Waals surface area contributed by atoms with Gasteiger partial charge in [-0.25, -0.2) is 0 Å². The number of nitrogens with two attached hydrogens (primary N) is 1. The molecule has 0 atom stereocenters. The van der Waals surface area contributed by atoms with Gasteiger partial charge >= 0.3 is 0 Å². The van der Waals surface area contributed by atoms with E-state index in [2.05, 4.69) is 23.9 Å². The van der Waals surface area contributed by atoms with Gasteiger partial charge in [0, 0.05) is 23.8 Å². The fourth-order valence-corrected chi connectivity index (χ4v) is 2.93. The molecule has 0 aliphatic carbocycles. The monoisotopic (exact) mass is 281 g/mol. The number of likely N-dealkylation sites (tertiary alicyclic amines) is 1.